The van der Waals surface area contributed by atoms with Gasteiger partial charge in [-0.15, -0.1) is 0 Å². The predicted molar refractivity (Wildman–Crippen MR) is 62.8 cm³/mol. The van der Waals surface area contributed by atoms with Gasteiger partial charge in [0.15, 0.2) is 0 Å². The summed E-state index contributed by atoms with van der Waals surface area (Å²) >= 11 is 0. The highest BCUT2D eigenvalue weighted by Crippen LogP contribution is 2.32. The number of aliphatic hydroxyl groups excluding tert-OH is 1. The van der Waals surface area contributed by atoms with E-state index in [4.69, 9.17) is 0 Å². The highest BCUT2D eigenvalue weighted by Gasteiger charge is 2.19. The summed E-state index contributed by atoms with van der Waals surface area (Å²) in [6, 6.07) is 2.11. The fourth-order valence-corrected chi connectivity index (χ4v) is 2.16. The topological polar surface area (TPSA) is 36.0 Å². The molecule has 2 nitrogen and oxygen atoms in total. The van der Waals surface area contributed by atoms with E-state index >= 15 is 0 Å². The first-order valence-corrected chi connectivity index (χ1v) is 5.76. The van der Waals surface area contributed by atoms with E-state index in [0.717, 1.165) is 11.8 Å². The Kier molecular flexibility index (Phi) is 3.15. The Labute approximate surface area is 98.3 Å². The Morgan fingerprint density at radius 2 is 2.00 bits per heavy atom. The van der Waals surface area contributed by atoms with E-state index in [0.29, 0.717) is 23.8 Å². The van der Waals surface area contributed by atoms with Crippen LogP contribution in [0.5, 0.6) is 0 Å². The molecule has 1 atom stereocenters. The second-order valence-electron chi connectivity index (χ2n) is 4.11. The maximum absolute atomic E-state index is 13.6. The van der Waals surface area contributed by atoms with Gasteiger partial charge in [-0.3, -0.25) is 0 Å². The number of hydrogen-bond acceptors (Lipinski definition) is 1. The molecule has 2 aromatic rings. The molecule has 1 unspecified atom stereocenters. The molecule has 17 heavy (non-hydrogen) atoms. The highest BCUT2D eigenvalue weighted by atomic mass is 19.1. The van der Waals surface area contributed by atoms with Gasteiger partial charge in [-0.25, -0.2) is 8.78 Å². The number of hydrogen-bond donors (Lipinski definition) is 2. The van der Waals surface area contributed by atoms with Gasteiger partial charge in [0.1, 0.15) is 11.6 Å². The van der Waals surface area contributed by atoms with Crippen LogP contribution in [0.4, 0.5) is 8.78 Å². The molecule has 0 radical (unpaired) electrons. The second-order valence-corrected chi connectivity index (χ2v) is 4.11. The van der Waals surface area contributed by atoms with Gasteiger partial charge in [-0.05, 0) is 18.9 Å². The minimum atomic E-state index is -0.695. The Balaban J connectivity index is 2.78. The summed E-state index contributed by atoms with van der Waals surface area (Å²) in [6.07, 6.45) is 0.458. The largest absolute Gasteiger partial charge is 0.388 e. The molecule has 2 N–H and O–H groups in total. The summed E-state index contributed by atoms with van der Waals surface area (Å²) < 4.78 is 26.8. The maximum Gasteiger partial charge on any atom is 0.150 e. The molecule has 4 heteroatoms. The van der Waals surface area contributed by atoms with Crippen LogP contribution in [-0.4, -0.2) is 10.1 Å². The standard InChI is InChI=1S/C13H15F2NO/c1-3-10-12(11(17)4-2)8-5-7(14)6-9(15)13(8)16-10/h5-6,11,16-17H,3-4H2,1-2H3. The fraction of sp³-hybridized carbons (Fsp3) is 0.385. The van der Waals surface area contributed by atoms with Crippen LogP contribution in [0.2, 0.25) is 0 Å². The lowest BCUT2D eigenvalue weighted by Gasteiger charge is -2.09. The van der Waals surface area contributed by atoms with Gasteiger partial charge in [-0.1, -0.05) is 13.8 Å². The van der Waals surface area contributed by atoms with Gasteiger partial charge >= 0.3 is 0 Å². The molecular weight excluding hydrogens is 224 g/mol. The van der Waals surface area contributed by atoms with Gasteiger partial charge in [0.2, 0.25) is 0 Å². The summed E-state index contributed by atoms with van der Waals surface area (Å²) in [5.74, 6) is -1.24. The zero-order valence-electron chi connectivity index (χ0n) is 9.85. The number of aryl methyl sites for hydroxylation is 1. The van der Waals surface area contributed by atoms with E-state index in [1.807, 2.05) is 13.8 Å². The third kappa shape index (κ3) is 1.93. The van der Waals surface area contributed by atoms with Crippen molar-refractivity contribution < 1.29 is 13.9 Å². The van der Waals surface area contributed by atoms with Gasteiger partial charge in [0.25, 0.3) is 0 Å². The van der Waals surface area contributed by atoms with E-state index in [2.05, 4.69) is 4.98 Å². The highest BCUT2D eigenvalue weighted by molar-refractivity contribution is 5.85. The van der Waals surface area contributed by atoms with Crippen molar-refractivity contribution in [3.05, 3.63) is 35.0 Å². The monoisotopic (exact) mass is 239 g/mol. The van der Waals surface area contributed by atoms with Gasteiger partial charge in [-0.2, -0.15) is 0 Å². The van der Waals surface area contributed by atoms with Crippen molar-refractivity contribution in [2.45, 2.75) is 32.8 Å². The third-order valence-electron chi connectivity index (χ3n) is 3.02. The summed E-state index contributed by atoms with van der Waals surface area (Å²) in [7, 11) is 0. The first-order chi connectivity index (χ1) is 8.08. The van der Waals surface area contributed by atoms with Crippen LogP contribution in [0.25, 0.3) is 10.9 Å². The minimum Gasteiger partial charge on any atom is -0.388 e. The number of halogens is 2. The lowest BCUT2D eigenvalue weighted by Crippen LogP contribution is -1.98. The summed E-state index contributed by atoms with van der Waals surface area (Å²) in [5, 5.41) is 10.4. The zero-order valence-corrected chi connectivity index (χ0v) is 9.85. The smallest absolute Gasteiger partial charge is 0.150 e. The fourth-order valence-electron chi connectivity index (χ4n) is 2.16. The summed E-state index contributed by atoms with van der Waals surface area (Å²) in [5.41, 5.74) is 1.65. The van der Waals surface area contributed by atoms with E-state index < -0.39 is 17.7 Å². The van der Waals surface area contributed by atoms with Gasteiger partial charge in [0.05, 0.1) is 11.6 Å². The first-order valence-electron chi connectivity index (χ1n) is 5.76. The molecule has 0 aliphatic carbocycles. The maximum atomic E-state index is 13.6. The quantitative estimate of drug-likeness (QED) is 0.845. The average molecular weight is 239 g/mol. The number of rotatable bonds is 3. The first kappa shape index (κ1) is 12.0. The second kappa shape index (κ2) is 4.45. The van der Waals surface area contributed by atoms with Crippen LogP contribution < -0.4 is 0 Å². The van der Waals surface area contributed by atoms with E-state index in [9.17, 15) is 13.9 Å². The SMILES string of the molecule is CCc1[nH]c2c(F)cc(F)cc2c1C(O)CC. The van der Waals surface area contributed by atoms with Gasteiger partial charge in [0, 0.05) is 22.7 Å². The molecular formula is C13H15F2NO. The lowest BCUT2D eigenvalue weighted by atomic mass is 10.0. The molecule has 0 amide bonds. The van der Waals surface area contributed by atoms with Crippen LogP contribution in [0.3, 0.4) is 0 Å². The zero-order chi connectivity index (χ0) is 12.6. The van der Waals surface area contributed by atoms with Crippen molar-refractivity contribution in [3.8, 4) is 0 Å². The minimum absolute atomic E-state index is 0.269. The average Bonchev–Trinajstić information content (AvgIpc) is 2.66. The van der Waals surface area contributed by atoms with Crippen LogP contribution in [-0.2, 0) is 6.42 Å². The Morgan fingerprint density at radius 1 is 1.29 bits per heavy atom. The Bertz CT molecular complexity index is 548. The van der Waals surface area contributed by atoms with Crippen molar-refractivity contribution in [2.75, 3.05) is 0 Å². The van der Waals surface area contributed by atoms with Crippen LogP contribution in [0.1, 0.15) is 37.6 Å². The molecule has 0 bridgehead atoms. The normalized spacial score (nSPS) is 13.2. The molecule has 1 aromatic heterocycles. The van der Waals surface area contributed by atoms with Crippen LogP contribution in [0, 0.1) is 11.6 Å². The van der Waals surface area contributed by atoms with Crippen molar-refractivity contribution >= 4 is 10.9 Å². The lowest BCUT2D eigenvalue weighted by molar-refractivity contribution is 0.174. The van der Waals surface area contributed by atoms with Crippen molar-refractivity contribution in [3.63, 3.8) is 0 Å². The number of H-pyrrole nitrogens is 1. The predicted octanol–water partition coefficient (Wildman–Crippen LogP) is 3.45. The van der Waals surface area contributed by atoms with Crippen molar-refractivity contribution in [1.29, 1.82) is 0 Å². The number of aliphatic hydroxyl groups is 1. The number of nitrogens with one attached hydrogen (secondary N) is 1. The number of aromatic amines is 1. The van der Waals surface area contributed by atoms with Gasteiger partial charge < -0.3 is 10.1 Å². The number of benzene rings is 1. The third-order valence-corrected chi connectivity index (χ3v) is 3.02. The Morgan fingerprint density at radius 3 is 2.59 bits per heavy atom. The molecule has 0 saturated carbocycles. The molecule has 0 spiro atoms. The summed E-state index contributed by atoms with van der Waals surface area (Å²) in [4.78, 5) is 2.92. The molecule has 92 valence electrons. The number of fused-ring (bicyclic) bond motifs is 1. The van der Waals surface area contributed by atoms with E-state index in [1.165, 1.54) is 6.07 Å². The van der Waals surface area contributed by atoms with Crippen LogP contribution >= 0.6 is 0 Å². The molecule has 1 aromatic carbocycles. The molecule has 0 aliphatic heterocycles. The Hall–Kier alpha value is -1.42. The molecule has 0 aliphatic rings. The summed E-state index contributed by atoms with van der Waals surface area (Å²) in [6.45, 7) is 3.74. The van der Waals surface area contributed by atoms with Crippen LogP contribution in [0.15, 0.2) is 12.1 Å². The number of aromatic nitrogens is 1. The van der Waals surface area contributed by atoms with Crippen molar-refractivity contribution in [1.82, 2.24) is 4.98 Å². The molecule has 1 heterocycles. The van der Waals surface area contributed by atoms with E-state index in [-0.39, 0.29) is 5.52 Å². The molecule has 0 saturated heterocycles. The van der Waals surface area contributed by atoms with E-state index in [1.54, 1.807) is 0 Å². The van der Waals surface area contributed by atoms with Crippen molar-refractivity contribution in [2.24, 2.45) is 0 Å². The molecule has 0 fully saturated rings. The molecule has 2 rings (SSSR count).